The molecule has 0 aliphatic carbocycles. The Morgan fingerprint density at radius 2 is 1.73 bits per heavy atom. The van der Waals surface area contributed by atoms with Crippen LogP contribution in [0.15, 0.2) is 54.6 Å². The maximum absolute atomic E-state index is 12.9. The average Bonchev–Trinajstić information content (AvgIpc) is 3.08. The highest BCUT2D eigenvalue weighted by Crippen LogP contribution is 2.31. The quantitative estimate of drug-likeness (QED) is 0.864. The summed E-state index contributed by atoms with van der Waals surface area (Å²) >= 11 is 0. The smallest absolute Gasteiger partial charge is 0.254 e. The molecule has 1 fully saturated rings. The van der Waals surface area contributed by atoms with E-state index in [9.17, 15) is 9.59 Å². The Hall–Kier alpha value is -2.86. The first-order valence-corrected chi connectivity index (χ1v) is 8.50. The summed E-state index contributed by atoms with van der Waals surface area (Å²) in [6.07, 6.45) is 1.23. The van der Waals surface area contributed by atoms with E-state index in [0.717, 1.165) is 5.75 Å². The molecule has 1 atom stereocenters. The number of ether oxygens (including phenoxy) is 2. The number of likely N-dealkylation sites (tertiary alicyclic amines) is 1. The van der Waals surface area contributed by atoms with Crippen LogP contribution in [0.5, 0.6) is 11.5 Å². The van der Waals surface area contributed by atoms with Crippen LogP contribution in [-0.2, 0) is 9.53 Å². The summed E-state index contributed by atoms with van der Waals surface area (Å²) in [5.74, 6) is 0.588. The molecule has 0 bridgehead atoms. The van der Waals surface area contributed by atoms with Crippen molar-refractivity contribution in [2.45, 2.75) is 18.4 Å². The largest absolute Gasteiger partial charge is 0.457 e. The van der Waals surface area contributed by atoms with Gasteiger partial charge in [0.1, 0.15) is 17.0 Å². The third-order valence-corrected chi connectivity index (χ3v) is 4.66. The molecule has 1 aliphatic heterocycles. The zero-order valence-corrected chi connectivity index (χ0v) is 14.7. The van der Waals surface area contributed by atoms with E-state index in [4.69, 9.17) is 15.2 Å². The summed E-state index contributed by atoms with van der Waals surface area (Å²) in [6, 6.07) is 16.3. The molecule has 1 unspecified atom stereocenters. The van der Waals surface area contributed by atoms with Gasteiger partial charge in [-0.1, -0.05) is 18.2 Å². The maximum atomic E-state index is 12.9. The minimum atomic E-state index is -1.08. The summed E-state index contributed by atoms with van der Waals surface area (Å²) in [4.78, 5) is 26.5. The number of amides is 2. The highest BCUT2D eigenvalue weighted by Gasteiger charge is 2.48. The standard InChI is InChI=1S/C20H22N2O4/c1-25-14-20(19(21)24)12-5-13-22(20)18(23)15-8-10-17(11-9-15)26-16-6-3-2-4-7-16/h2-4,6-11H,5,12-14H2,1H3,(H2,21,24). The van der Waals surface area contributed by atoms with Gasteiger partial charge >= 0.3 is 0 Å². The van der Waals surface area contributed by atoms with Gasteiger partial charge in [-0.25, -0.2) is 0 Å². The van der Waals surface area contributed by atoms with Crippen molar-refractivity contribution in [3.8, 4) is 11.5 Å². The van der Waals surface area contributed by atoms with Crippen LogP contribution < -0.4 is 10.5 Å². The number of rotatable bonds is 6. The number of primary amides is 1. The van der Waals surface area contributed by atoms with Gasteiger partial charge in [-0.05, 0) is 49.2 Å². The molecule has 0 radical (unpaired) electrons. The fourth-order valence-corrected chi connectivity index (χ4v) is 3.34. The zero-order chi connectivity index (χ0) is 18.6. The van der Waals surface area contributed by atoms with Crippen LogP contribution in [0.2, 0.25) is 0 Å². The fourth-order valence-electron chi connectivity index (χ4n) is 3.34. The van der Waals surface area contributed by atoms with Crippen LogP contribution in [0.1, 0.15) is 23.2 Å². The van der Waals surface area contributed by atoms with Crippen molar-refractivity contribution in [1.82, 2.24) is 4.90 Å². The van der Waals surface area contributed by atoms with E-state index < -0.39 is 11.4 Å². The number of carbonyl (C=O) groups is 2. The minimum absolute atomic E-state index is 0.100. The lowest BCUT2D eigenvalue weighted by molar-refractivity contribution is -0.130. The lowest BCUT2D eigenvalue weighted by atomic mass is 9.95. The van der Waals surface area contributed by atoms with Crippen molar-refractivity contribution in [2.24, 2.45) is 5.73 Å². The van der Waals surface area contributed by atoms with Crippen LogP contribution in [0, 0.1) is 0 Å². The number of benzene rings is 2. The van der Waals surface area contributed by atoms with Gasteiger partial charge in [-0.2, -0.15) is 0 Å². The second-order valence-corrected chi connectivity index (χ2v) is 6.33. The predicted octanol–water partition coefficient (Wildman–Crippen LogP) is 2.59. The van der Waals surface area contributed by atoms with E-state index in [1.54, 1.807) is 24.3 Å². The van der Waals surface area contributed by atoms with Gasteiger partial charge in [0, 0.05) is 19.2 Å². The third-order valence-electron chi connectivity index (χ3n) is 4.66. The molecule has 2 N–H and O–H groups in total. The van der Waals surface area contributed by atoms with Crippen LogP contribution in [0.4, 0.5) is 0 Å². The van der Waals surface area contributed by atoms with Gasteiger partial charge < -0.3 is 20.1 Å². The predicted molar refractivity (Wildman–Crippen MR) is 97.0 cm³/mol. The Kier molecular flexibility index (Phi) is 5.23. The fraction of sp³-hybridized carbons (Fsp3) is 0.300. The summed E-state index contributed by atoms with van der Waals surface area (Å²) in [7, 11) is 1.50. The van der Waals surface area contributed by atoms with Crippen molar-refractivity contribution in [3.63, 3.8) is 0 Å². The van der Waals surface area contributed by atoms with E-state index in [2.05, 4.69) is 0 Å². The summed E-state index contributed by atoms with van der Waals surface area (Å²) in [5.41, 5.74) is 5.00. The minimum Gasteiger partial charge on any atom is -0.457 e. The van der Waals surface area contributed by atoms with Crippen molar-refractivity contribution in [1.29, 1.82) is 0 Å². The number of methoxy groups -OCH3 is 1. The Morgan fingerprint density at radius 1 is 1.08 bits per heavy atom. The summed E-state index contributed by atoms with van der Waals surface area (Å²) < 4.78 is 10.9. The topological polar surface area (TPSA) is 81.9 Å². The van der Waals surface area contributed by atoms with E-state index in [1.165, 1.54) is 12.0 Å². The van der Waals surface area contributed by atoms with Crippen LogP contribution >= 0.6 is 0 Å². The van der Waals surface area contributed by atoms with Gasteiger partial charge in [0.2, 0.25) is 5.91 Å². The monoisotopic (exact) mass is 354 g/mol. The van der Waals surface area contributed by atoms with Crippen molar-refractivity contribution in [3.05, 3.63) is 60.2 Å². The van der Waals surface area contributed by atoms with E-state index in [1.807, 2.05) is 30.3 Å². The first-order valence-electron chi connectivity index (χ1n) is 8.50. The molecule has 2 aromatic rings. The third kappa shape index (κ3) is 3.41. The number of carbonyl (C=O) groups excluding carboxylic acids is 2. The number of hydrogen-bond donors (Lipinski definition) is 1. The Balaban J connectivity index is 1.78. The Bertz CT molecular complexity index is 776. The van der Waals surface area contributed by atoms with Gasteiger partial charge in [-0.15, -0.1) is 0 Å². The molecule has 0 aromatic heterocycles. The lowest BCUT2D eigenvalue weighted by Gasteiger charge is -2.35. The van der Waals surface area contributed by atoms with Crippen molar-refractivity contribution >= 4 is 11.8 Å². The molecule has 26 heavy (non-hydrogen) atoms. The number of hydrogen-bond acceptors (Lipinski definition) is 4. The summed E-state index contributed by atoms with van der Waals surface area (Å²) in [6.45, 7) is 0.580. The molecule has 1 heterocycles. The molecule has 6 heteroatoms. The number of nitrogens with zero attached hydrogens (tertiary/aromatic N) is 1. The van der Waals surface area contributed by atoms with Gasteiger partial charge in [0.15, 0.2) is 0 Å². The number of nitrogens with two attached hydrogens (primary N) is 1. The zero-order valence-electron chi connectivity index (χ0n) is 14.7. The van der Waals surface area contributed by atoms with E-state index in [0.29, 0.717) is 30.7 Å². The Labute approximate surface area is 152 Å². The first kappa shape index (κ1) is 17.9. The lowest BCUT2D eigenvalue weighted by Crippen LogP contribution is -2.58. The molecule has 0 spiro atoms. The van der Waals surface area contributed by atoms with Gasteiger partial charge in [0.05, 0.1) is 6.61 Å². The van der Waals surface area contributed by atoms with Crippen LogP contribution in [-0.4, -0.2) is 42.5 Å². The molecule has 3 rings (SSSR count). The molecular formula is C20H22N2O4. The van der Waals surface area contributed by atoms with Gasteiger partial charge in [-0.3, -0.25) is 9.59 Å². The highest BCUT2D eigenvalue weighted by molar-refractivity contribution is 5.99. The van der Waals surface area contributed by atoms with Crippen LogP contribution in [0.3, 0.4) is 0 Å². The summed E-state index contributed by atoms with van der Waals surface area (Å²) in [5, 5.41) is 0. The molecule has 1 aliphatic rings. The van der Waals surface area contributed by atoms with Gasteiger partial charge in [0.25, 0.3) is 5.91 Å². The molecule has 0 saturated carbocycles. The number of para-hydroxylation sites is 1. The molecule has 136 valence electrons. The van der Waals surface area contributed by atoms with Crippen molar-refractivity contribution < 1.29 is 19.1 Å². The second-order valence-electron chi connectivity index (χ2n) is 6.33. The molecular weight excluding hydrogens is 332 g/mol. The molecule has 6 nitrogen and oxygen atoms in total. The normalized spacial score (nSPS) is 19.3. The molecule has 2 aromatic carbocycles. The van der Waals surface area contributed by atoms with Crippen LogP contribution in [0.25, 0.3) is 0 Å². The van der Waals surface area contributed by atoms with E-state index in [-0.39, 0.29) is 12.5 Å². The second kappa shape index (κ2) is 7.58. The van der Waals surface area contributed by atoms with Crippen molar-refractivity contribution in [2.75, 3.05) is 20.3 Å². The van der Waals surface area contributed by atoms with E-state index >= 15 is 0 Å². The average molecular weight is 354 g/mol. The molecule has 2 amide bonds. The Morgan fingerprint density at radius 3 is 2.35 bits per heavy atom. The molecule has 1 saturated heterocycles. The first-order chi connectivity index (χ1) is 12.6. The SMILES string of the molecule is COCC1(C(N)=O)CCCN1C(=O)c1ccc(Oc2ccccc2)cc1. The maximum Gasteiger partial charge on any atom is 0.254 e. The highest BCUT2D eigenvalue weighted by atomic mass is 16.5.